The summed E-state index contributed by atoms with van der Waals surface area (Å²) in [6.07, 6.45) is 0. The second kappa shape index (κ2) is 3.79. The fourth-order valence-corrected chi connectivity index (χ4v) is 1.96. The number of aliphatic carboxylic acids is 1. The van der Waals surface area contributed by atoms with Crippen LogP contribution in [0.5, 0.6) is 0 Å². The van der Waals surface area contributed by atoms with E-state index in [1.54, 1.807) is 18.3 Å². The van der Waals surface area contributed by atoms with E-state index < -0.39 is 12.0 Å². The largest absolute Gasteiger partial charge is 0.480 e. The van der Waals surface area contributed by atoms with Crippen molar-refractivity contribution in [1.82, 2.24) is 0 Å². The minimum atomic E-state index is -0.828. The SMILES string of the molecule is Cc1csc(N[C@@H](C)C(=O)O)c1C. The maximum absolute atomic E-state index is 10.6. The number of hydrogen-bond acceptors (Lipinski definition) is 3. The van der Waals surface area contributed by atoms with Gasteiger partial charge in [-0.15, -0.1) is 11.3 Å². The summed E-state index contributed by atoms with van der Waals surface area (Å²) in [5.74, 6) is -0.828. The van der Waals surface area contributed by atoms with E-state index in [1.807, 2.05) is 19.2 Å². The average molecular weight is 199 g/mol. The number of nitrogens with one attached hydrogen (secondary N) is 1. The fourth-order valence-electron chi connectivity index (χ4n) is 0.904. The Bertz CT molecular complexity index is 319. The molecule has 1 rings (SSSR count). The Morgan fingerprint density at radius 1 is 1.62 bits per heavy atom. The highest BCUT2D eigenvalue weighted by atomic mass is 32.1. The van der Waals surface area contributed by atoms with Crippen LogP contribution in [0.1, 0.15) is 18.1 Å². The van der Waals surface area contributed by atoms with E-state index in [1.165, 1.54) is 5.56 Å². The summed E-state index contributed by atoms with van der Waals surface area (Å²) in [4.78, 5) is 10.6. The zero-order valence-electron chi connectivity index (χ0n) is 7.92. The van der Waals surface area contributed by atoms with Crippen molar-refractivity contribution in [3.63, 3.8) is 0 Å². The number of thiophene rings is 1. The molecular weight excluding hydrogens is 186 g/mol. The van der Waals surface area contributed by atoms with Gasteiger partial charge in [0.2, 0.25) is 0 Å². The van der Waals surface area contributed by atoms with Crippen LogP contribution in [-0.2, 0) is 4.79 Å². The summed E-state index contributed by atoms with van der Waals surface area (Å²) in [6.45, 7) is 5.64. The first-order chi connectivity index (χ1) is 6.02. The maximum Gasteiger partial charge on any atom is 0.325 e. The van der Waals surface area contributed by atoms with Crippen LogP contribution in [0, 0.1) is 13.8 Å². The number of carbonyl (C=O) groups is 1. The van der Waals surface area contributed by atoms with E-state index in [-0.39, 0.29) is 0 Å². The van der Waals surface area contributed by atoms with Gasteiger partial charge in [0, 0.05) is 0 Å². The molecule has 4 heteroatoms. The second-order valence-corrected chi connectivity index (χ2v) is 3.96. The van der Waals surface area contributed by atoms with Crippen LogP contribution in [0.15, 0.2) is 5.38 Å². The first-order valence-electron chi connectivity index (χ1n) is 4.06. The molecule has 1 aromatic heterocycles. The van der Waals surface area contributed by atoms with Crippen LogP contribution >= 0.6 is 11.3 Å². The third kappa shape index (κ3) is 2.21. The minimum Gasteiger partial charge on any atom is -0.480 e. The molecule has 0 bridgehead atoms. The van der Waals surface area contributed by atoms with E-state index in [0.717, 1.165) is 10.6 Å². The van der Waals surface area contributed by atoms with Gasteiger partial charge in [0.05, 0.1) is 5.00 Å². The molecule has 0 saturated carbocycles. The maximum atomic E-state index is 10.6. The molecular formula is C9H13NO2S. The van der Waals surface area contributed by atoms with Crippen molar-refractivity contribution in [2.45, 2.75) is 26.8 Å². The lowest BCUT2D eigenvalue weighted by atomic mass is 10.2. The van der Waals surface area contributed by atoms with Crippen molar-refractivity contribution < 1.29 is 9.90 Å². The summed E-state index contributed by atoms with van der Waals surface area (Å²) < 4.78 is 0. The van der Waals surface area contributed by atoms with Crippen LogP contribution in [0.4, 0.5) is 5.00 Å². The first kappa shape index (κ1) is 10.1. The van der Waals surface area contributed by atoms with Crippen molar-refractivity contribution in [2.24, 2.45) is 0 Å². The lowest BCUT2D eigenvalue weighted by Crippen LogP contribution is -2.25. The molecule has 1 aromatic rings. The molecule has 0 aromatic carbocycles. The lowest BCUT2D eigenvalue weighted by Gasteiger charge is -2.09. The highest BCUT2D eigenvalue weighted by Gasteiger charge is 2.12. The summed E-state index contributed by atoms with van der Waals surface area (Å²) in [6, 6.07) is -0.531. The third-order valence-electron chi connectivity index (χ3n) is 2.00. The van der Waals surface area contributed by atoms with Gasteiger partial charge in [-0.25, -0.2) is 0 Å². The van der Waals surface area contributed by atoms with Crippen LogP contribution in [-0.4, -0.2) is 17.1 Å². The molecule has 3 nitrogen and oxygen atoms in total. The van der Waals surface area contributed by atoms with E-state index in [9.17, 15) is 4.79 Å². The normalized spacial score (nSPS) is 12.5. The Morgan fingerprint density at radius 2 is 2.23 bits per heavy atom. The number of carboxylic acids is 1. The minimum absolute atomic E-state index is 0.531. The van der Waals surface area contributed by atoms with Gasteiger partial charge < -0.3 is 10.4 Å². The van der Waals surface area contributed by atoms with Crippen LogP contribution in [0.25, 0.3) is 0 Å². The number of carboxylic acid groups (broad SMARTS) is 1. The quantitative estimate of drug-likeness (QED) is 0.785. The zero-order valence-corrected chi connectivity index (χ0v) is 8.73. The molecule has 2 N–H and O–H groups in total. The van der Waals surface area contributed by atoms with Crippen molar-refractivity contribution in [1.29, 1.82) is 0 Å². The molecule has 0 amide bonds. The number of rotatable bonds is 3. The van der Waals surface area contributed by atoms with Crippen LogP contribution < -0.4 is 5.32 Å². The molecule has 0 unspecified atom stereocenters. The van der Waals surface area contributed by atoms with Gasteiger partial charge in [0.1, 0.15) is 6.04 Å². The highest BCUT2D eigenvalue weighted by Crippen LogP contribution is 2.26. The third-order valence-corrected chi connectivity index (χ3v) is 3.13. The lowest BCUT2D eigenvalue weighted by molar-refractivity contribution is -0.137. The predicted octanol–water partition coefficient (Wildman–Crippen LogP) is 2.25. The Kier molecular flexibility index (Phi) is 2.93. The zero-order chi connectivity index (χ0) is 10.0. The van der Waals surface area contributed by atoms with Gasteiger partial charge in [-0.1, -0.05) is 0 Å². The Hall–Kier alpha value is -1.03. The molecule has 0 fully saturated rings. The Labute approximate surface area is 81.4 Å². The topological polar surface area (TPSA) is 49.3 Å². The van der Waals surface area contributed by atoms with Gasteiger partial charge in [-0.05, 0) is 37.3 Å². The smallest absolute Gasteiger partial charge is 0.325 e. The summed E-state index contributed by atoms with van der Waals surface area (Å²) in [7, 11) is 0. The molecule has 1 atom stereocenters. The molecule has 0 saturated heterocycles. The number of aryl methyl sites for hydroxylation is 1. The summed E-state index contributed by atoms with van der Waals surface area (Å²) in [5, 5.41) is 14.6. The monoisotopic (exact) mass is 199 g/mol. The Morgan fingerprint density at radius 3 is 2.62 bits per heavy atom. The predicted molar refractivity (Wildman–Crippen MR) is 54.5 cm³/mol. The van der Waals surface area contributed by atoms with Crippen LogP contribution in [0.2, 0.25) is 0 Å². The molecule has 0 aliphatic rings. The molecule has 13 heavy (non-hydrogen) atoms. The highest BCUT2D eigenvalue weighted by molar-refractivity contribution is 7.14. The van der Waals surface area contributed by atoms with Crippen molar-refractivity contribution in [3.8, 4) is 0 Å². The van der Waals surface area contributed by atoms with Gasteiger partial charge in [-0.2, -0.15) is 0 Å². The standard InChI is InChI=1S/C9H13NO2S/c1-5-4-13-8(6(5)2)10-7(3)9(11)12/h4,7,10H,1-3H3,(H,11,12)/t7-/m0/s1. The van der Waals surface area contributed by atoms with E-state index in [4.69, 9.17) is 5.11 Å². The summed E-state index contributed by atoms with van der Waals surface area (Å²) >= 11 is 1.55. The number of anilines is 1. The average Bonchev–Trinajstić information content (AvgIpc) is 2.36. The molecule has 1 heterocycles. The van der Waals surface area contributed by atoms with Gasteiger partial charge in [0.15, 0.2) is 0 Å². The molecule has 0 aliphatic carbocycles. The van der Waals surface area contributed by atoms with E-state index in [2.05, 4.69) is 5.32 Å². The first-order valence-corrected chi connectivity index (χ1v) is 4.94. The van der Waals surface area contributed by atoms with E-state index >= 15 is 0 Å². The molecule has 0 spiro atoms. The second-order valence-electron chi connectivity index (χ2n) is 3.08. The van der Waals surface area contributed by atoms with Crippen molar-refractivity contribution >= 4 is 22.3 Å². The fraction of sp³-hybridized carbons (Fsp3) is 0.444. The van der Waals surface area contributed by atoms with Gasteiger partial charge >= 0.3 is 5.97 Å². The molecule has 72 valence electrons. The van der Waals surface area contributed by atoms with Crippen molar-refractivity contribution in [2.75, 3.05) is 5.32 Å². The van der Waals surface area contributed by atoms with Gasteiger partial charge in [-0.3, -0.25) is 4.79 Å². The molecule has 0 radical (unpaired) electrons. The van der Waals surface area contributed by atoms with Crippen molar-refractivity contribution in [3.05, 3.63) is 16.5 Å². The van der Waals surface area contributed by atoms with E-state index in [0.29, 0.717) is 0 Å². The number of hydrogen-bond donors (Lipinski definition) is 2. The van der Waals surface area contributed by atoms with Gasteiger partial charge in [0.25, 0.3) is 0 Å². The summed E-state index contributed by atoms with van der Waals surface area (Å²) in [5.41, 5.74) is 2.34. The molecule has 0 aliphatic heterocycles. The Balaban J connectivity index is 2.74. The van der Waals surface area contributed by atoms with Crippen LogP contribution in [0.3, 0.4) is 0 Å².